The highest BCUT2D eigenvalue weighted by atomic mass is 19.3. The van der Waals surface area contributed by atoms with Gasteiger partial charge < -0.3 is 9.64 Å². The Balaban J connectivity index is 1.34. The Morgan fingerprint density at radius 1 is 1.19 bits per heavy atom. The third-order valence-corrected chi connectivity index (χ3v) is 6.25. The number of piperidine rings is 1. The highest BCUT2D eigenvalue weighted by Gasteiger charge is 2.50. The van der Waals surface area contributed by atoms with Crippen LogP contribution in [0.4, 0.5) is 8.78 Å². The number of ether oxygens (including phenoxy) is 1. The zero-order valence-corrected chi connectivity index (χ0v) is 15.6. The van der Waals surface area contributed by atoms with E-state index in [2.05, 4.69) is 9.88 Å². The molecule has 0 unspecified atom stereocenters. The average Bonchev–Trinajstić information content (AvgIpc) is 2.83. The van der Waals surface area contributed by atoms with E-state index in [1.165, 1.54) is 5.56 Å². The maximum absolute atomic E-state index is 13.1. The smallest absolute Gasteiger partial charge is 0.249 e. The Kier molecular flexibility index (Phi) is 5.16. The van der Waals surface area contributed by atoms with Crippen LogP contribution in [0.25, 0.3) is 0 Å². The highest BCUT2D eigenvalue weighted by Crippen LogP contribution is 2.44. The van der Waals surface area contributed by atoms with Crippen molar-refractivity contribution >= 4 is 5.91 Å². The van der Waals surface area contributed by atoms with Gasteiger partial charge in [0.05, 0.1) is 13.2 Å². The molecule has 27 heavy (non-hydrogen) atoms. The molecule has 3 heterocycles. The molecule has 2 saturated heterocycles. The Morgan fingerprint density at radius 3 is 2.56 bits per heavy atom. The summed E-state index contributed by atoms with van der Waals surface area (Å²) in [7, 11) is 0. The normalized spacial score (nSPS) is 25.8. The molecule has 0 aromatic carbocycles. The summed E-state index contributed by atoms with van der Waals surface area (Å²) in [5.74, 6) is -3.21. The highest BCUT2D eigenvalue weighted by molar-refractivity contribution is 5.80. The first kappa shape index (κ1) is 18.7. The van der Waals surface area contributed by atoms with Crippen LogP contribution in [0.3, 0.4) is 0 Å². The minimum absolute atomic E-state index is 0.0455. The van der Waals surface area contributed by atoms with Crippen LogP contribution in [0, 0.1) is 11.3 Å². The molecule has 3 aliphatic rings. The second-order valence-corrected chi connectivity index (χ2v) is 8.41. The topological polar surface area (TPSA) is 45.7 Å². The van der Waals surface area contributed by atoms with Crippen molar-refractivity contribution in [2.24, 2.45) is 11.3 Å². The summed E-state index contributed by atoms with van der Waals surface area (Å²) in [5.41, 5.74) is 1.28. The number of alkyl halides is 2. The first-order valence-electron chi connectivity index (χ1n) is 9.80. The van der Waals surface area contributed by atoms with Gasteiger partial charge >= 0.3 is 0 Å². The van der Waals surface area contributed by atoms with Crippen molar-refractivity contribution in [3.63, 3.8) is 0 Å². The van der Waals surface area contributed by atoms with E-state index in [9.17, 15) is 13.6 Å². The van der Waals surface area contributed by atoms with Crippen molar-refractivity contribution < 1.29 is 18.3 Å². The molecule has 148 valence electrons. The molecule has 0 N–H and O–H groups in total. The molecule has 1 aromatic rings. The lowest BCUT2D eigenvalue weighted by atomic mass is 9.76. The molecule has 0 bridgehead atoms. The molecule has 2 aliphatic heterocycles. The third-order valence-electron chi connectivity index (χ3n) is 6.25. The summed E-state index contributed by atoms with van der Waals surface area (Å²) in [4.78, 5) is 20.7. The maximum Gasteiger partial charge on any atom is 0.249 e. The quantitative estimate of drug-likeness (QED) is 0.810. The van der Waals surface area contributed by atoms with E-state index in [1.54, 1.807) is 4.90 Å². The van der Waals surface area contributed by atoms with Crippen molar-refractivity contribution in [2.45, 2.75) is 38.2 Å². The summed E-state index contributed by atoms with van der Waals surface area (Å²) in [6, 6.07) is 4.07. The van der Waals surface area contributed by atoms with Crippen molar-refractivity contribution in [3.8, 4) is 0 Å². The number of rotatable bonds is 3. The SMILES string of the molecule is O=C(C1CC(F)(F)C1)N1CCC2(CC1)COCCN(Cc1ccncc1)C2. The van der Waals surface area contributed by atoms with Crippen LogP contribution in [0.2, 0.25) is 0 Å². The third kappa shape index (κ3) is 4.29. The number of carbonyl (C=O) groups excluding carboxylic acids is 1. The number of aromatic nitrogens is 1. The van der Waals surface area contributed by atoms with E-state index >= 15 is 0 Å². The van der Waals surface area contributed by atoms with Gasteiger partial charge in [-0.1, -0.05) is 0 Å². The van der Waals surface area contributed by atoms with Gasteiger partial charge in [-0.2, -0.15) is 0 Å². The maximum atomic E-state index is 13.1. The second-order valence-electron chi connectivity index (χ2n) is 8.41. The van der Waals surface area contributed by atoms with Crippen LogP contribution in [-0.2, 0) is 16.1 Å². The Hall–Kier alpha value is -1.60. The molecule has 1 amide bonds. The van der Waals surface area contributed by atoms with Crippen molar-refractivity contribution in [2.75, 3.05) is 39.4 Å². The minimum Gasteiger partial charge on any atom is -0.379 e. The van der Waals surface area contributed by atoms with Crippen LogP contribution in [0.1, 0.15) is 31.2 Å². The first-order valence-corrected chi connectivity index (χ1v) is 9.80. The molecular formula is C20H27F2N3O2. The zero-order chi connectivity index (χ0) is 18.9. The fourth-order valence-electron chi connectivity index (χ4n) is 4.56. The second kappa shape index (κ2) is 7.43. The largest absolute Gasteiger partial charge is 0.379 e. The molecule has 1 aliphatic carbocycles. The summed E-state index contributed by atoms with van der Waals surface area (Å²) >= 11 is 0. The van der Waals surface area contributed by atoms with Gasteiger partial charge in [0.2, 0.25) is 11.8 Å². The van der Waals surface area contributed by atoms with Crippen molar-refractivity contribution in [3.05, 3.63) is 30.1 Å². The number of carbonyl (C=O) groups is 1. The van der Waals surface area contributed by atoms with E-state index in [0.717, 1.165) is 32.5 Å². The number of halogens is 2. The lowest BCUT2D eigenvalue weighted by molar-refractivity contribution is -0.162. The lowest BCUT2D eigenvalue weighted by Gasteiger charge is -2.45. The zero-order valence-electron chi connectivity index (χ0n) is 15.6. The van der Waals surface area contributed by atoms with Crippen LogP contribution in [0.15, 0.2) is 24.5 Å². The Morgan fingerprint density at radius 2 is 1.89 bits per heavy atom. The molecule has 0 atom stereocenters. The number of pyridine rings is 1. The van der Waals surface area contributed by atoms with Gasteiger partial charge in [-0.15, -0.1) is 0 Å². The van der Waals surface area contributed by atoms with Gasteiger partial charge in [0.1, 0.15) is 0 Å². The van der Waals surface area contributed by atoms with Crippen molar-refractivity contribution in [1.29, 1.82) is 0 Å². The number of likely N-dealkylation sites (tertiary alicyclic amines) is 1. The van der Waals surface area contributed by atoms with Gasteiger partial charge in [0, 0.05) is 69.3 Å². The van der Waals surface area contributed by atoms with Gasteiger partial charge in [0.15, 0.2) is 0 Å². The van der Waals surface area contributed by atoms with Crippen LogP contribution >= 0.6 is 0 Å². The van der Waals surface area contributed by atoms with Crippen LogP contribution in [0.5, 0.6) is 0 Å². The first-order chi connectivity index (χ1) is 12.9. The summed E-state index contributed by atoms with van der Waals surface area (Å²) in [5, 5.41) is 0. The van der Waals surface area contributed by atoms with Gasteiger partial charge in [-0.25, -0.2) is 8.78 Å². The predicted octanol–water partition coefficient (Wildman–Crippen LogP) is 2.57. The average molecular weight is 379 g/mol. The van der Waals surface area contributed by atoms with Gasteiger partial charge in [-0.3, -0.25) is 14.7 Å². The molecule has 0 radical (unpaired) electrons. The van der Waals surface area contributed by atoms with Gasteiger partial charge in [0.25, 0.3) is 0 Å². The Bertz CT molecular complexity index is 654. The summed E-state index contributed by atoms with van der Waals surface area (Å²) in [6.07, 6.45) is 4.80. The monoisotopic (exact) mass is 379 g/mol. The molecule has 7 heteroatoms. The fourth-order valence-corrected chi connectivity index (χ4v) is 4.56. The fraction of sp³-hybridized carbons (Fsp3) is 0.700. The molecule has 1 spiro atoms. The summed E-state index contributed by atoms with van der Waals surface area (Å²) in [6.45, 7) is 5.42. The van der Waals surface area contributed by atoms with E-state index in [4.69, 9.17) is 4.74 Å². The Labute approximate surface area is 158 Å². The minimum atomic E-state index is -2.64. The molecular weight excluding hydrogens is 352 g/mol. The van der Waals surface area contributed by atoms with E-state index in [1.807, 2.05) is 24.5 Å². The number of amides is 1. The number of hydrogen-bond acceptors (Lipinski definition) is 4. The molecule has 1 aromatic heterocycles. The number of nitrogens with zero attached hydrogens (tertiary/aromatic N) is 3. The standard InChI is InChI=1S/C20H27F2N3O2/c21-20(22)11-17(12-20)18(26)25-7-3-19(4-8-25)14-24(9-10-27-15-19)13-16-1-5-23-6-2-16/h1-2,5-6,17H,3-4,7-15H2. The van der Waals surface area contributed by atoms with Crippen molar-refractivity contribution in [1.82, 2.24) is 14.8 Å². The van der Waals surface area contributed by atoms with E-state index < -0.39 is 11.8 Å². The predicted molar refractivity (Wildman–Crippen MR) is 96.3 cm³/mol. The van der Waals surface area contributed by atoms with E-state index in [-0.39, 0.29) is 24.2 Å². The lowest BCUT2D eigenvalue weighted by Crippen LogP contribution is -2.52. The molecule has 3 fully saturated rings. The summed E-state index contributed by atoms with van der Waals surface area (Å²) < 4.78 is 32.0. The van der Waals surface area contributed by atoms with Crippen LogP contribution in [-0.4, -0.2) is 66.0 Å². The van der Waals surface area contributed by atoms with Gasteiger partial charge in [-0.05, 0) is 30.5 Å². The van der Waals surface area contributed by atoms with E-state index in [0.29, 0.717) is 26.3 Å². The molecule has 4 rings (SSSR count). The number of hydrogen-bond donors (Lipinski definition) is 0. The van der Waals surface area contributed by atoms with Crippen LogP contribution < -0.4 is 0 Å². The molecule has 1 saturated carbocycles. The molecule has 5 nitrogen and oxygen atoms in total.